The molecule has 0 fully saturated rings. The summed E-state index contributed by atoms with van der Waals surface area (Å²) in [5.41, 5.74) is 6.66. The van der Waals surface area contributed by atoms with E-state index in [1.165, 1.54) is 6.07 Å². The molecule has 1 aromatic carbocycles. The molecule has 4 nitrogen and oxygen atoms in total. The monoisotopic (exact) mass is 286 g/mol. The second kappa shape index (κ2) is 4.93. The topological polar surface area (TPSA) is 69.2 Å². The number of hydrogen-bond acceptors (Lipinski definition) is 3. The summed E-state index contributed by atoms with van der Waals surface area (Å²) >= 11 is 3.27. The van der Waals surface area contributed by atoms with Crippen LogP contribution in [0.1, 0.15) is 25.8 Å². The summed E-state index contributed by atoms with van der Waals surface area (Å²) in [5.74, 6) is 0. The minimum atomic E-state index is -0.387. The first-order valence-corrected chi connectivity index (χ1v) is 5.80. The van der Waals surface area contributed by atoms with Gasteiger partial charge in [-0.15, -0.1) is 0 Å². The van der Waals surface area contributed by atoms with Gasteiger partial charge in [-0.05, 0) is 38.3 Å². The molecule has 0 saturated heterocycles. The molecule has 0 aliphatic carbocycles. The lowest BCUT2D eigenvalue weighted by atomic mass is 9.96. The molecule has 0 aromatic heterocycles. The number of rotatable bonds is 4. The third-order valence-corrected chi connectivity index (χ3v) is 2.67. The Morgan fingerprint density at radius 1 is 1.44 bits per heavy atom. The highest BCUT2D eigenvalue weighted by Gasteiger charge is 2.13. The molecule has 1 rings (SSSR count). The van der Waals surface area contributed by atoms with Crippen LogP contribution in [0.15, 0.2) is 22.7 Å². The Morgan fingerprint density at radius 2 is 2.06 bits per heavy atom. The molecule has 0 aliphatic heterocycles. The van der Waals surface area contributed by atoms with Gasteiger partial charge < -0.3 is 5.73 Å². The number of non-ortho nitro benzene ring substituents is 1. The molecule has 5 heteroatoms. The van der Waals surface area contributed by atoms with Crippen LogP contribution in [0, 0.1) is 10.1 Å². The Bertz CT molecular complexity index is 399. The predicted octanol–water partition coefficient (Wildman–Crippen LogP) is 3.03. The molecule has 1 aromatic rings. The quantitative estimate of drug-likeness (QED) is 0.683. The van der Waals surface area contributed by atoms with Crippen LogP contribution < -0.4 is 5.73 Å². The number of benzene rings is 1. The Morgan fingerprint density at radius 3 is 2.56 bits per heavy atom. The minimum Gasteiger partial charge on any atom is -0.326 e. The normalized spacial score (nSPS) is 11.5. The number of nitro groups is 1. The van der Waals surface area contributed by atoms with Crippen molar-refractivity contribution in [3.63, 3.8) is 0 Å². The van der Waals surface area contributed by atoms with Gasteiger partial charge in [-0.2, -0.15) is 0 Å². The van der Waals surface area contributed by atoms with E-state index < -0.39 is 0 Å². The molecule has 0 unspecified atom stereocenters. The van der Waals surface area contributed by atoms with Gasteiger partial charge in [-0.25, -0.2) is 0 Å². The number of halogens is 1. The van der Waals surface area contributed by atoms with Gasteiger partial charge in [0, 0.05) is 22.1 Å². The van der Waals surface area contributed by atoms with Gasteiger partial charge in [0.15, 0.2) is 0 Å². The molecule has 0 aliphatic rings. The van der Waals surface area contributed by atoms with E-state index in [1.54, 1.807) is 6.07 Å². The number of nitro benzene ring substituents is 1. The summed E-state index contributed by atoms with van der Waals surface area (Å²) in [6.45, 7) is 3.89. The van der Waals surface area contributed by atoms with Gasteiger partial charge in [-0.3, -0.25) is 10.1 Å². The van der Waals surface area contributed by atoms with Crippen LogP contribution >= 0.6 is 15.9 Å². The van der Waals surface area contributed by atoms with Crippen molar-refractivity contribution < 1.29 is 4.92 Å². The molecule has 0 spiro atoms. The highest BCUT2D eigenvalue weighted by molar-refractivity contribution is 9.10. The second-order valence-corrected chi connectivity index (χ2v) is 5.48. The molecule has 0 radical (unpaired) electrons. The first kappa shape index (κ1) is 13.1. The van der Waals surface area contributed by atoms with E-state index in [2.05, 4.69) is 15.9 Å². The van der Waals surface area contributed by atoms with Crippen molar-refractivity contribution in [3.8, 4) is 0 Å². The zero-order valence-electron chi connectivity index (χ0n) is 9.37. The predicted molar refractivity (Wildman–Crippen MR) is 67.4 cm³/mol. The molecule has 0 heterocycles. The first-order chi connectivity index (χ1) is 7.28. The summed E-state index contributed by atoms with van der Waals surface area (Å²) < 4.78 is 0.728. The van der Waals surface area contributed by atoms with Crippen molar-refractivity contribution in [3.05, 3.63) is 38.3 Å². The number of hydrogen-bond donors (Lipinski definition) is 1. The van der Waals surface area contributed by atoms with Crippen molar-refractivity contribution in [2.75, 3.05) is 0 Å². The Hall–Kier alpha value is -0.940. The Labute approximate surface area is 103 Å². The van der Waals surface area contributed by atoms with Crippen molar-refractivity contribution >= 4 is 21.6 Å². The minimum absolute atomic E-state index is 0.110. The molecule has 0 saturated carbocycles. The van der Waals surface area contributed by atoms with Gasteiger partial charge in [-0.1, -0.05) is 15.9 Å². The van der Waals surface area contributed by atoms with Gasteiger partial charge in [0.2, 0.25) is 0 Å². The number of aryl methyl sites for hydroxylation is 1. The van der Waals surface area contributed by atoms with Crippen molar-refractivity contribution in [2.45, 2.75) is 32.2 Å². The fourth-order valence-electron chi connectivity index (χ4n) is 1.35. The molecule has 88 valence electrons. The van der Waals surface area contributed by atoms with E-state index in [1.807, 2.05) is 19.9 Å². The molecular weight excluding hydrogens is 272 g/mol. The summed E-state index contributed by atoms with van der Waals surface area (Å²) in [7, 11) is 0. The van der Waals surface area contributed by atoms with Crippen LogP contribution in [0.4, 0.5) is 5.69 Å². The van der Waals surface area contributed by atoms with Gasteiger partial charge in [0.05, 0.1) is 4.92 Å². The lowest BCUT2D eigenvalue weighted by Crippen LogP contribution is -2.32. The van der Waals surface area contributed by atoms with Crippen LogP contribution in [-0.4, -0.2) is 10.5 Å². The lowest BCUT2D eigenvalue weighted by Gasteiger charge is -2.17. The van der Waals surface area contributed by atoms with Crippen LogP contribution in [-0.2, 0) is 6.42 Å². The van der Waals surface area contributed by atoms with Crippen LogP contribution in [0.25, 0.3) is 0 Å². The van der Waals surface area contributed by atoms with Crippen molar-refractivity contribution in [2.24, 2.45) is 5.73 Å². The molecular formula is C11H15BrN2O2. The van der Waals surface area contributed by atoms with Gasteiger partial charge >= 0.3 is 0 Å². The average Bonchev–Trinajstić information content (AvgIpc) is 2.13. The van der Waals surface area contributed by atoms with Gasteiger partial charge in [0.1, 0.15) is 0 Å². The Balaban J connectivity index is 2.85. The van der Waals surface area contributed by atoms with Crippen LogP contribution in [0.2, 0.25) is 0 Å². The van der Waals surface area contributed by atoms with E-state index in [9.17, 15) is 10.1 Å². The van der Waals surface area contributed by atoms with E-state index >= 15 is 0 Å². The molecule has 0 amide bonds. The smallest absolute Gasteiger partial charge is 0.270 e. The highest BCUT2D eigenvalue weighted by atomic mass is 79.9. The largest absolute Gasteiger partial charge is 0.326 e. The third-order valence-electron chi connectivity index (χ3n) is 2.21. The summed E-state index contributed by atoms with van der Waals surface area (Å²) in [4.78, 5) is 10.3. The maximum absolute atomic E-state index is 10.7. The third kappa shape index (κ3) is 4.28. The first-order valence-electron chi connectivity index (χ1n) is 5.01. The highest BCUT2D eigenvalue weighted by Crippen LogP contribution is 2.23. The number of nitrogens with two attached hydrogens (primary N) is 1. The van der Waals surface area contributed by atoms with E-state index in [-0.39, 0.29) is 16.1 Å². The fraction of sp³-hybridized carbons (Fsp3) is 0.455. The Kier molecular flexibility index (Phi) is 4.04. The zero-order chi connectivity index (χ0) is 12.3. The SMILES string of the molecule is CC(C)(N)CCc1cc(Br)cc([N+](=O)[O-])c1. The second-order valence-electron chi connectivity index (χ2n) is 4.56. The standard InChI is InChI=1S/C11H15BrN2O2/c1-11(2,13)4-3-8-5-9(12)7-10(6-8)14(15)16/h5-7H,3-4,13H2,1-2H3. The van der Waals surface area contributed by atoms with Crippen molar-refractivity contribution in [1.29, 1.82) is 0 Å². The zero-order valence-corrected chi connectivity index (χ0v) is 11.0. The summed E-state index contributed by atoms with van der Waals surface area (Å²) in [6.07, 6.45) is 1.53. The maximum atomic E-state index is 10.7. The summed E-state index contributed by atoms with van der Waals surface area (Å²) in [6, 6.07) is 4.98. The van der Waals surface area contributed by atoms with E-state index in [4.69, 9.17) is 5.73 Å². The van der Waals surface area contributed by atoms with E-state index in [0.717, 1.165) is 22.9 Å². The summed E-state index contributed by atoms with van der Waals surface area (Å²) in [5, 5.41) is 10.7. The molecule has 2 N–H and O–H groups in total. The molecule has 16 heavy (non-hydrogen) atoms. The van der Waals surface area contributed by atoms with Crippen LogP contribution in [0.5, 0.6) is 0 Å². The van der Waals surface area contributed by atoms with Gasteiger partial charge in [0.25, 0.3) is 5.69 Å². The van der Waals surface area contributed by atoms with Crippen LogP contribution in [0.3, 0.4) is 0 Å². The van der Waals surface area contributed by atoms with E-state index in [0.29, 0.717) is 0 Å². The molecule has 0 bridgehead atoms. The average molecular weight is 287 g/mol. The molecule has 0 atom stereocenters. The maximum Gasteiger partial charge on any atom is 0.270 e. The van der Waals surface area contributed by atoms with Crippen molar-refractivity contribution in [1.82, 2.24) is 0 Å². The fourth-order valence-corrected chi connectivity index (χ4v) is 1.88. The number of nitrogens with zero attached hydrogens (tertiary/aromatic N) is 1. The lowest BCUT2D eigenvalue weighted by molar-refractivity contribution is -0.385.